The second-order valence-corrected chi connectivity index (χ2v) is 6.15. The number of hydrogen-bond acceptors (Lipinski definition) is 3. The third-order valence-corrected chi connectivity index (χ3v) is 4.67. The predicted molar refractivity (Wildman–Crippen MR) is 71.7 cm³/mol. The van der Waals surface area contributed by atoms with Crippen LogP contribution in [0.25, 0.3) is 0 Å². The van der Waals surface area contributed by atoms with E-state index >= 15 is 0 Å². The Kier molecular flexibility index (Phi) is 3.35. The summed E-state index contributed by atoms with van der Waals surface area (Å²) in [6.07, 6.45) is -2.55. The number of nitrogens with zero attached hydrogens (tertiary/aromatic N) is 3. The molecule has 1 aromatic rings. The Labute approximate surface area is 125 Å². The molecule has 2 atom stereocenters. The predicted octanol–water partition coefficient (Wildman–Crippen LogP) is 1.07. The lowest BCUT2D eigenvalue weighted by molar-refractivity contribution is -0.141. The van der Waals surface area contributed by atoms with Crippen LogP contribution in [0.15, 0.2) is 6.07 Å². The SMILES string of the molecule is Cn1nc(C(F)(F)F)cc1CNC(=O)N1C[C@@H]2CC[C@]2(N)C1. The van der Waals surface area contributed by atoms with Crippen molar-refractivity contribution >= 4 is 6.03 Å². The molecule has 0 aromatic carbocycles. The van der Waals surface area contributed by atoms with Gasteiger partial charge in [-0.2, -0.15) is 18.3 Å². The average Bonchev–Trinajstić information content (AvgIpc) is 2.89. The molecule has 3 N–H and O–H groups in total. The highest BCUT2D eigenvalue weighted by Crippen LogP contribution is 2.42. The van der Waals surface area contributed by atoms with Crippen LogP contribution in [-0.2, 0) is 19.8 Å². The van der Waals surface area contributed by atoms with Gasteiger partial charge in [0, 0.05) is 25.7 Å². The molecule has 0 bridgehead atoms. The highest BCUT2D eigenvalue weighted by atomic mass is 19.4. The Hall–Kier alpha value is -1.77. The lowest BCUT2D eigenvalue weighted by Gasteiger charge is -2.39. The number of amides is 2. The van der Waals surface area contributed by atoms with Crippen molar-refractivity contribution in [2.24, 2.45) is 18.7 Å². The van der Waals surface area contributed by atoms with E-state index in [1.807, 2.05) is 0 Å². The minimum atomic E-state index is -4.49. The molecule has 1 aliphatic carbocycles. The molecule has 3 rings (SSSR count). The van der Waals surface area contributed by atoms with Gasteiger partial charge >= 0.3 is 12.2 Å². The summed E-state index contributed by atoms with van der Waals surface area (Å²) in [5.74, 6) is 0.340. The second-order valence-electron chi connectivity index (χ2n) is 6.15. The van der Waals surface area contributed by atoms with Crippen molar-refractivity contribution in [1.29, 1.82) is 0 Å². The van der Waals surface area contributed by atoms with Gasteiger partial charge in [-0.15, -0.1) is 0 Å². The molecule has 2 heterocycles. The molecular weight excluding hydrogens is 299 g/mol. The van der Waals surface area contributed by atoms with E-state index in [1.54, 1.807) is 4.90 Å². The van der Waals surface area contributed by atoms with Crippen molar-refractivity contribution in [2.45, 2.75) is 31.1 Å². The van der Waals surface area contributed by atoms with Crippen LogP contribution in [0.2, 0.25) is 0 Å². The Morgan fingerprint density at radius 2 is 2.32 bits per heavy atom. The van der Waals surface area contributed by atoms with Gasteiger partial charge in [-0.05, 0) is 24.8 Å². The Morgan fingerprint density at radius 1 is 1.59 bits per heavy atom. The smallest absolute Gasteiger partial charge is 0.332 e. The fourth-order valence-electron chi connectivity index (χ4n) is 3.13. The van der Waals surface area contributed by atoms with Crippen LogP contribution in [-0.4, -0.2) is 39.3 Å². The number of aromatic nitrogens is 2. The molecule has 6 nitrogen and oxygen atoms in total. The van der Waals surface area contributed by atoms with E-state index < -0.39 is 11.9 Å². The zero-order valence-corrected chi connectivity index (χ0v) is 12.2. The maximum absolute atomic E-state index is 12.6. The zero-order chi connectivity index (χ0) is 16.1. The van der Waals surface area contributed by atoms with Gasteiger partial charge in [0.2, 0.25) is 0 Å². The fourth-order valence-corrected chi connectivity index (χ4v) is 3.13. The lowest BCUT2D eigenvalue weighted by atomic mass is 9.70. The van der Waals surface area contributed by atoms with Crippen molar-refractivity contribution in [3.63, 3.8) is 0 Å². The lowest BCUT2D eigenvalue weighted by Crippen LogP contribution is -2.55. The number of fused-ring (bicyclic) bond motifs is 1. The van der Waals surface area contributed by atoms with Gasteiger partial charge < -0.3 is 16.0 Å². The highest BCUT2D eigenvalue weighted by Gasteiger charge is 2.51. The highest BCUT2D eigenvalue weighted by molar-refractivity contribution is 5.74. The first kappa shape index (κ1) is 15.1. The Bertz CT molecular complexity index is 599. The van der Waals surface area contributed by atoms with Gasteiger partial charge in [0.15, 0.2) is 5.69 Å². The van der Waals surface area contributed by atoms with E-state index in [2.05, 4.69) is 10.4 Å². The summed E-state index contributed by atoms with van der Waals surface area (Å²) in [4.78, 5) is 13.7. The van der Waals surface area contributed by atoms with Gasteiger partial charge in [0.25, 0.3) is 0 Å². The Balaban J connectivity index is 1.59. The molecule has 1 saturated heterocycles. The van der Waals surface area contributed by atoms with Crippen LogP contribution in [0.1, 0.15) is 24.2 Å². The molecule has 122 valence electrons. The molecule has 22 heavy (non-hydrogen) atoms. The van der Waals surface area contributed by atoms with Crippen molar-refractivity contribution < 1.29 is 18.0 Å². The van der Waals surface area contributed by atoms with Crippen LogP contribution in [0, 0.1) is 5.92 Å². The normalized spacial score (nSPS) is 27.5. The molecular formula is C13H18F3N5O. The van der Waals surface area contributed by atoms with Crippen LogP contribution >= 0.6 is 0 Å². The second kappa shape index (κ2) is 4.87. The number of carbonyl (C=O) groups excluding carboxylic acids is 1. The molecule has 1 aliphatic heterocycles. The molecule has 2 fully saturated rings. The summed E-state index contributed by atoms with van der Waals surface area (Å²) in [6.45, 7) is 1.11. The number of halogens is 3. The molecule has 1 saturated carbocycles. The topological polar surface area (TPSA) is 76.2 Å². The van der Waals surface area contributed by atoms with E-state index in [1.165, 1.54) is 7.05 Å². The molecule has 1 aromatic heterocycles. The van der Waals surface area contributed by atoms with Gasteiger partial charge in [-0.25, -0.2) is 4.79 Å². The zero-order valence-electron chi connectivity index (χ0n) is 12.2. The monoisotopic (exact) mass is 317 g/mol. The van der Waals surface area contributed by atoms with E-state index in [0.29, 0.717) is 24.7 Å². The third kappa shape index (κ3) is 2.53. The van der Waals surface area contributed by atoms with Crippen LogP contribution < -0.4 is 11.1 Å². The molecule has 2 amide bonds. The van der Waals surface area contributed by atoms with Gasteiger partial charge in [0.1, 0.15) is 0 Å². The van der Waals surface area contributed by atoms with Gasteiger partial charge in [0.05, 0.1) is 12.2 Å². The number of rotatable bonds is 2. The van der Waals surface area contributed by atoms with Crippen LogP contribution in [0.3, 0.4) is 0 Å². The van der Waals surface area contributed by atoms with Crippen molar-refractivity contribution in [1.82, 2.24) is 20.0 Å². The van der Waals surface area contributed by atoms with Gasteiger partial charge in [-0.3, -0.25) is 4.68 Å². The number of carbonyl (C=O) groups is 1. The molecule has 0 spiro atoms. The number of hydrogen-bond donors (Lipinski definition) is 2. The first-order chi connectivity index (χ1) is 10.2. The number of nitrogens with one attached hydrogen (secondary N) is 1. The number of likely N-dealkylation sites (tertiary alicyclic amines) is 1. The summed E-state index contributed by atoms with van der Waals surface area (Å²) in [6, 6.07) is 0.646. The summed E-state index contributed by atoms with van der Waals surface area (Å²) < 4.78 is 38.9. The van der Waals surface area contributed by atoms with Crippen LogP contribution in [0.5, 0.6) is 0 Å². The largest absolute Gasteiger partial charge is 0.435 e. The van der Waals surface area contributed by atoms with Crippen molar-refractivity contribution in [3.05, 3.63) is 17.5 Å². The number of alkyl halides is 3. The summed E-state index contributed by atoms with van der Waals surface area (Å²) in [7, 11) is 1.42. The minimum absolute atomic E-state index is 0.00283. The summed E-state index contributed by atoms with van der Waals surface area (Å²) in [5, 5.41) is 6.05. The van der Waals surface area contributed by atoms with E-state index in [0.717, 1.165) is 23.6 Å². The summed E-state index contributed by atoms with van der Waals surface area (Å²) in [5.41, 5.74) is 5.23. The number of nitrogens with two attached hydrogens (primary N) is 1. The first-order valence-corrected chi connectivity index (χ1v) is 7.11. The summed E-state index contributed by atoms with van der Waals surface area (Å²) >= 11 is 0. The number of aryl methyl sites for hydroxylation is 1. The van der Waals surface area contributed by atoms with E-state index in [9.17, 15) is 18.0 Å². The van der Waals surface area contributed by atoms with E-state index in [-0.39, 0.29) is 18.1 Å². The van der Waals surface area contributed by atoms with E-state index in [4.69, 9.17) is 5.73 Å². The molecule has 0 unspecified atom stereocenters. The molecule has 0 radical (unpaired) electrons. The average molecular weight is 317 g/mol. The van der Waals surface area contributed by atoms with Crippen LogP contribution in [0.4, 0.5) is 18.0 Å². The minimum Gasteiger partial charge on any atom is -0.332 e. The third-order valence-electron chi connectivity index (χ3n) is 4.67. The number of urea groups is 1. The fraction of sp³-hybridized carbons (Fsp3) is 0.692. The maximum Gasteiger partial charge on any atom is 0.435 e. The first-order valence-electron chi connectivity index (χ1n) is 7.11. The molecule has 9 heteroatoms. The quantitative estimate of drug-likeness (QED) is 0.857. The van der Waals surface area contributed by atoms with Crippen molar-refractivity contribution in [3.8, 4) is 0 Å². The Morgan fingerprint density at radius 3 is 2.77 bits per heavy atom. The maximum atomic E-state index is 12.6. The standard InChI is InChI=1S/C13H18F3N5O/c1-20-9(4-10(19-20)13(14,15)16)5-18-11(22)21-6-8-2-3-12(8,17)7-21/h4,8H,2-3,5-7,17H2,1H3,(H,18,22)/t8-,12-/m0/s1. The van der Waals surface area contributed by atoms with Crippen molar-refractivity contribution in [2.75, 3.05) is 13.1 Å². The van der Waals surface area contributed by atoms with Gasteiger partial charge in [-0.1, -0.05) is 0 Å². The molecule has 2 aliphatic rings.